The van der Waals surface area contributed by atoms with E-state index in [1.54, 1.807) is 0 Å². The number of nitrogens with zero attached hydrogens (tertiary/aromatic N) is 1. The van der Waals surface area contributed by atoms with Crippen LogP contribution < -0.4 is 4.90 Å². The van der Waals surface area contributed by atoms with Crippen molar-refractivity contribution < 1.29 is 0 Å². The zero-order valence-electron chi connectivity index (χ0n) is 31.4. The summed E-state index contributed by atoms with van der Waals surface area (Å²) in [5, 5.41) is 0. The Bertz CT molecular complexity index is 2960. The van der Waals surface area contributed by atoms with E-state index in [1.807, 2.05) is 0 Å². The quantitative estimate of drug-likeness (QED) is 0.171. The van der Waals surface area contributed by atoms with Crippen molar-refractivity contribution in [2.45, 2.75) is 11.8 Å². The molecule has 1 heteroatoms. The molecule has 1 nitrogen and oxygen atoms in total. The SMILES string of the molecule is c1ccc(-c2ccc(N(c3ccc(-c4ccc5c(c4)C4(c6ccccc6-c6ccccc64)c4ccccc4-5)cc3)c3ccc4c(c3)-c3ccccc3C4)cc2)cc1. The van der Waals surface area contributed by atoms with Crippen LogP contribution in [0.3, 0.4) is 0 Å². The van der Waals surface area contributed by atoms with Gasteiger partial charge in [0, 0.05) is 17.1 Å². The van der Waals surface area contributed by atoms with Crippen LogP contribution in [0.1, 0.15) is 33.4 Å². The molecule has 0 atom stereocenters. The summed E-state index contributed by atoms with van der Waals surface area (Å²) < 4.78 is 0. The summed E-state index contributed by atoms with van der Waals surface area (Å²) in [7, 11) is 0. The maximum atomic E-state index is 2.47. The van der Waals surface area contributed by atoms with Gasteiger partial charge < -0.3 is 4.90 Å². The number of hydrogen-bond acceptors (Lipinski definition) is 1. The fourth-order valence-electron chi connectivity index (χ4n) is 10.2. The normalized spacial score (nSPS) is 13.3. The Kier molecular flexibility index (Phi) is 6.97. The molecule has 9 aromatic rings. The second-order valence-corrected chi connectivity index (χ2v) is 15.6. The minimum absolute atomic E-state index is 0.357. The molecule has 0 fully saturated rings. The lowest BCUT2D eigenvalue weighted by Gasteiger charge is -2.30. The molecule has 0 N–H and O–H groups in total. The van der Waals surface area contributed by atoms with Gasteiger partial charge in [-0.1, -0.05) is 170 Å². The van der Waals surface area contributed by atoms with Crippen molar-refractivity contribution in [1.29, 1.82) is 0 Å². The lowest BCUT2D eigenvalue weighted by molar-refractivity contribution is 0.794. The zero-order valence-corrected chi connectivity index (χ0v) is 31.4. The topological polar surface area (TPSA) is 3.24 Å². The Balaban J connectivity index is 0.979. The molecule has 0 aromatic heterocycles. The molecule has 0 radical (unpaired) electrons. The summed E-state index contributed by atoms with van der Waals surface area (Å²) in [6.45, 7) is 0. The third-order valence-electron chi connectivity index (χ3n) is 12.7. The molecule has 12 rings (SSSR count). The minimum Gasteiger partial charge on any atom is -0.310 e. The maximum Gasteiger partial charge on any atom is 0.0725 e. The first-order chi connectivity index (χ1) is 28.3. The van der Waals surface area contributed by atoms with Gasteiger partial charge in [0.2, 0.25) is 0 Å². The molecule has 0 bridgehead atoms. The third-order valence-corrected chi connectivity index (χ3v) is 12.7. The number of fused-ring (bicyclic) bond motifs is 13. The third kappa shape index (κ3) is 4.70. The lowest BCUT2D eigenvalue weighted by atomic mass is 9.70. The van der Waals surface area contributed by atoms with E-state index >= 15 is 0 Å². The molecule has 9 aromatic carbocycles. The standard InChI is InChI=1S/C56H37N/c1-2-12-37(13-3-1)38-22-28-43(29-23-38)57(45-32-26-42-34-41-14-4-5-15-46(41)51(42)36-45)44-30-24-39(25-31-44)40-27-33-50-49-18-8-11-21-54(49)56(55(50)35-40)52-19-9-6-16-47(52)48-17-7-10-20-53(48)56/h1-33,35-36H,34H2. The van der Waals surface area contributed by atoms with Crippen molar-refractivity contribution in [1.82, 2.24) is 0 Å². The summed E-state index contributed by atoms with van der Waals surface area (Å²) in [6.07, 6.45) is 0.983. The van der Waals surface area contributed by atoms with Crippen molar-refractivity contribution >= 4 is 17.1 Å². The summed E-state index contributed by atoms with van der Waals surface area (Å²) >= 11 is 0. The lowest BCUT2D eigenvalue weighted by Crippen LogP contribution is -2.25. The van der Waals surface area contributed by atoms with Crippen molar-refractivity contribution in [3.63, 3.8) is 0 Å². The summed E-state index contributed by atoms with van der Waals surface area (Å²) in [5.74, 6) is 0. The van der Waals surface area contributed by atoms with Gasteiger partial charge in [-0.05, 0) is 138 Å². The van der Waals surface area contributed by atoms with Gasteiger partial charge >= 0.3 is 0 Å². The Morgan fingerprint density at radius 3 is 1.33 bits per heavy atom. The summed E-state index contributed by atoms with van der Waals surface area (Å²) in [4.78, 5) is 2.40. The predicted octanol–water partition coefficient (Wildman–Crippen LogP) is 14.4. The molecule has 57 heavy (non-hydrogen) atoms. The van der Waals surface area contributed by atoms with E-state index in [0.29, 0.717) is 0 Å². The smallest absolute Gasteiger partial charge is 0.0725 e. The first-order valence-corrected chi connectivity index (χ1v) is 20.0. The van der Waals surface area contributed by atoms with Crippen LogP contribution in [0.25, 0.3) is 55.6 Å². The van der Waals surface area contributed by atoms with Gasteiger partial charge in [-0.25, -0.2) is 0 Å². The molecule has 3 aliphatic carbocycles. The van der Waals surface area contributed by atoms with Gasteiger partial charge in [0.05, 0.1) is 5.41 Å². The van der Waals surface area contributed by atoms with E-state index in [2.05, 4.69) is 217 Å². The van der Waals surface area contributed by atoms with Crippen molar-refractivity contribution in [2.75, 3.05) is 4.90 Å². The van der Waals surface area contributed by atoms with Crippen LogP contribution >= 0.6 is 0 Å². The average Bonchev–Trinajstić information content (AvgIpc) is 3.91. The minimum atomic E-state index is -0.357. The fourth-order valence-corrected chi connectivity index (χ4v) is 10.2. The van der Waals surface area contributed by atoms with Crippen molar-refractivity contribution in [3.8, 4) is 55.6 Å². The second-order valence-electron chi connectivity index (χ2n) is 15.6. The molecule has 0 saturated carbocycles. The van der Waals surface area contributed by atoms with E-state index in [0.717, 1.165) is 23.5 Å². The van der Waals surface area contributed by atoms with E-state index < -0.39 is 0 Å². The van der Waals surface area contributed by atoms with E-state index in [-0.39, 0.29) is 5.41 Å². The first kappa shape index (κ1) is 32.1. The molecular weight excluding hydrogens is 687 g/mol. The molecule has 266 valence electrons. The monoisotopic (exact) mass is 723 g/mol. The average molecular weight is 724 g/mol. The number of benzene rings is 9. The molecule has 0 amide bonds. The van der Waals surface area contributed by atoms with Gasteiger partial charge in [-0.3, -0.25) is 0 Å². The Morgan fingerprint density at radius 2 is 0.719 bits per heavy atom. The van der Waals surface area contributed by atoms with Crippen LogP contribution in [-0.2, 0) is 11.8 Å². The molecular formula is C56H37N. The van der Waals surface area contributed by atoms with Gasteiger partial charge in [0.1, 0.15) is 0 Å². The molecule has 3 aliphatic rings. The van der Waals surface area contributed by atoms with Crippen LogP contribution in [0.15, 0.2) is 212 Å². The molecule has 0 saturated heterocycles. The number of hydrogen-bond donors (Lipinski definition) is 0. The second kappa shape index (κ2) is 12.4. The number of rotatable bonds is 5. The predicted molar refractivity (Wildman–Crippen MR) is 237 cm³/mol. The largest absolute Gasteiger partial charge is 0.310 e. The van der Waals surface area contributed by atoms with Crippen LogP contribution in [-0.4, -0.2) is 0 Å². The summed E-state index contributed by atoms with van der Waals surface area (Å²) in [6, 6.07) is 78.9. The first-order valence-electron chi connectivity index (χ1n) is 20.0. The fraction of sp³-hybridized carbons (Fsp3) is 0.0357. The van der Waals surface area contributed by atoms with Gasteiger partial charge in [-0.2, -0.15) is 0 Å². The van der Waals surface area contributed by atoms with Crippen LogP contribution in [0.4, 0.5) is 17.1 Å². The highest BCUT2D eigenvalue weighted by Crippen LogP contribution is 2.63. The molecule has 0 heterocycles. The van der Waals surface area contributed by atoms with E-state index in [4.69, 9.17) is 0 Å². The van der Waals surface area contributed by atoms with Gasteiger partial charge in [-0.15, -0.1) is 0 Å². The van der Waals surface area contributed by atoms with Crippen LogP contribution in [0, 0.1) is 0 Å². The van der Waals surface area contributed by atoms with Crippen molar-refractivity contribution in [3.05, 3.63) is 246 Å². The highest BCUT2D eigenvalue weighted by Gasteiger charge is 2.51. The highest BCUT2D eigenvalue weighted by atomic mass is 15.1. The van der Waals surface area contributed by atoms with E-state index in [9.17, 15) is 0 Å². The molecule has 0 unspecified atom stereocenters. The highest BCUT2D eigenvalue weighted by molar-refractivity contribution is 5.96. The van der Waals surface area contributed by atoms with E-state index in [1.165, 1.54) is 89.0 Å². The van der Waals surface area contributed by atoms with Gasteiger partial charge in [0.25, 0.3) is 0 Å². The van der Waals surface area contributed by atoms with Crippen molar-refractivity contribution in [2.24, 2.45) is 0 Å². The Labute approximate surface area is 333 Å². The Morgan fingerprint density at radius 1 is 0.281 bits per heavy atom. The zero-order chi connectivity index (χ0) is 37.5. The molecule has 1 spiro atoms. The summed E-state index contributed by atoms with van der Waals surface area (Å²) in [5.41, 5.74) is 24.1. The van der Waals surface area contributed by atoms with Crippen LogP contribution in [0.5, 0.6) is 0 Å². The number of anilines is 3. The Hall–Kier alpha value is -7.22. The molecule has 0 aliphatic heterocycles. The van der Waals surface area contributed by atoms with Gasteiger partial charge in [0.15, 0.2) is 0 Å². The maximum absolute atomic E-state index is 2.47. The van der Waals surface area contributed by atoms with Crippen LogP contribution in [0.2, 0.25) is 0 Å².